The summed E-state index contributed by atoms with van der Waals surface area (Å²) >= 11 is 0. The predicted molar refractivity (Wildman–Crippen MR) is 82.5 cm³/mol. The minimum atomic E-state index is -4.62. The van der Waals surface area contributed by atoms with Crippen molar-refractivity contribution in [3.8, 4) is 0 Å². The van der Waals surface area contributed by atoms with Crippen molar-refractivity contribution in [2.24, 2.45) is 11.3 Å². The second-order valence-electron chi connectivity index (χ2n) is 6.83. The van der Waals surface area contributed by atoms with Crippen LogP contribution >= 0.6 is 0 Å². The Hall–Kier alpha value is -1.60. The number of alkyl halides is 3. The molecule has 0 aromatic heterocycles. The fourth-order valence-corrected chi connectivity index (χ4v) is 3.56. The van der Waals surface area contributed by atoms with Gasteiger partial charge >= 0.3 is 12.1 Å². The third-order valence-electron chi connectivity index (χ3n) is 5.12. The van der Waals surface area contributed by atoms with Gasteiger partial charge in [0.25, 0.3) is 0 Å². The molecular weight excluding hydrogens is 339 g/mol. The highest BCUT2D eigenvalue weighted by molar-refractivity contribution is 6.01. The van der Waals surface area contributed by atoms with Gasteiger partial charge in [0.05, 0.1) is 12.5 Å². The van der Waals surface area contributed by atoms with Crippen molar-refractivity contribution in [1.29, 1.82) is 0 Å². The fourth-order valence-electron chi connectivity index (χ4n) is 3.56. The summed E-state index contributed by atoms with van der Waals surface area (Å²) in [5.74, 6) is -2.48. The van der Waals surface area contributed by atoms with Crippen LogP contribution in [0.25, 0.3) is 0 Å². The van der Waals surface area contributed by atoms with Crippen LogP contribution in [-0.4, -0.2) is 37.0 Å². The number of Topliss-reactive ketones (excluding diaryl/α,β-unsaturated/α-hetero) is 1. The highest BCUT2D eigenvalue weighted by Crippen LogP contribution is 2.49. The molecule has 8 heteroatoms. The van der Waals surface area contributed by atoms with Crippen LogP contribution in [0.15, 0.2) is 0 Å². The van der Waals surface area contributed by atoms with Crippen LogP contribution in [0.5, 0.6) is 0 Å². The Morgan fingerprint density at radius 1 is 1.16 bits per heavy atom. The average Bonchev–Trinajstić information content (AvgIpc) is 2.58. The van der Waals surface area contributed by atoms with Gasteiger partial charge in [-0.25, -0.2) is 0 Å². The van der Waals surface area contributed by atoms with Crippen molar-refractivity contribution >= 4 is 17.7 Å². The van der Waals surface area contributed by atoms with E-state index in [0.29, 0.717) is 32.2 Å². The Morgan fingerprint density at radius 2 is 1.84 bits per heavy atom. The molecule has 1 N–H and O–H groups in total. The molecule has 2 aliphatic rings. The van der Waals surface area contributed by atoms with E-state index in [-0.39, 0.29) is 44.0 Å². The number of nitrogens with one attached hydrogen (secondary N) is 1. The lowest BCUT2D eigenvalue weighted by Gasteiger charge is -2.36. The molecule has 142 valence electrons. The summed E-state index contributed by atoms with van der Waals surface area (Å²) in [6.07, 6.45) is -2.36. The van der Waals surface area contributed by atoms with E-state index in [4.69, 9.17) is 4.74 Å². The normalized spacial score (nSPS) is 23.6. The van der Waals surface area contributed by atoms with E-state index in [9.17, 15) is 27.6 Å². The van der Waals surface area contributed by atoms with Crippen molar-refractivity contribution in [3.05, 3.63) is 0 Å². The molecule has 2 fully saturated rings. The Labute approximate surface area is 144 Å². The number of ether oxygens (including phenoxy) is 1. The smallest absolute Gasteiger partial charge is 0.404 e. The van der Waals surface area contributed by atoms with Crippen molar-refractivity contribution in [2.45, 2.75) is 64.0 Å². The van der Waals surface area contributed by atoms with Crippen molar-refractivity contribution in [1.82, 2.24) is 5.32 Å². The van der Waals surface area contributed by atoms with E-state index in [2.05, 4.69) is 5.32 Å². The minimum Gasteiger partial charge on any atom is -0.465 e. The molecule has 5 nitrogen and oxygen atoms in total. The standard InChI is InChI=1S/C17H24F3NO4/c18-17(19,20)16(8-2-1-3-9-16)15(24)25-11-5-7-13(22)12-6-4-10-21-14(12)23/h12H,1-11H2,(H,21,23)/t12-/m0/s1. The molecule has 1 aliphatic heterocycles. The highest BCUT2D eigenvalue weighted by atomic mass is 19.4. The summed E-state index contributed by atoms with van der Waals surface area (Å²) in [7, 11) is 0. The Kier molecular flexibility index (Phi) is 6.46. The van der Waals surface area contributed by atoms with E-state index >= 15 is 0 Å². The molecule has 0 aromatic carbocycles. The van der Waals surface area contributed by atoms with Crippen LogP contribution in [0.2, 0.25) is 0 Å². The van der Waals surface area contributed by atoms with E-state index in [1.54, 1.807) is 0 Å². The number of piperidine rings is 1. The number of amides is 1. The van der Waals surface area contributed by atoms with Crippen molar-refractivity contribution < 1.29 is 32.3 Å². The zero-order valence-electron chi connectivity index (χ0n) is 14.1. The van der Waals surface area contributed by atoms with Gasteiger partial charge in [-0.2, -0.15) is 13.2 Å². The first-order valence-electron chi connectivity index (χ1n) is 8.82. The number of hydrogen-bond donors (Lipinski definition) is 1. The summed E-state index contributed by atoms with van der Waals surface area (Å²) in [6.45, 7) is 0.316. The molecule has 25 heavy (non-hydrogen) atoms. The largest absolute Gasteiger partial charge is 0.465 e. The van der Waals surface area contributed by atoms with Crippen LogP contribution in [0.3, 0.4) is 0 Å². The van der Waals surface area contributed by atoms with Gasteiger partial charge in [0.1, 0.15) is 5.78 Å². The fraction of sp³-hybridized carbons (Fsp3) is 0.824. The lowest BCUT2D eigenvalue weighted by molar-refractivity contribution is -0.242. The van der Waals surface area contributed by atoms with Crippen LogP contribution in [0.1, 0.15) is 57.8 Å². The van der Waals surface area contributed by atoms with Crippen LogP contribution in [0, 0.1) is 11.3 Å². The Bertz CT molecular complexity index is 513. The number of carbonyl (C=O) groups is 3. The number of carbonyl (C=O) groups excluding carboxylic acids is 3. The van der Waals surface area contributed by atoms with E-state index < -0.39 is 23.5 Å². The maximum absolute atomic E-state index is 13.4. The van der Waals surface area contributed by atoms with Crippen LogP contribution in [-0.2, 0) is 19.1 Å². The topological polar surface area (TPSA) is 72.5 Å². The summed E-state index contributed by atoms with van der Waals surface area (Å²) in [5.41, 5.74) is -2.40. The molecule has 0 radical (unpaired) electrons. The number of rotatable bonds is 6. The number of hydrogen-bond acceptors (Lipinski definition) is 4. The van der Waals surface area contributed by atoms with Gasteiger partial charge in [0, 0.05) is 13.0 Å². The average molecular weight is 363 g/mol. The second-order valence-corrected chi connectivity index (χ2v) is 6.83. The third kappa shape index (κ3) is 4.52. The van der Waals surface area contributed by atoms with E-state index in [0.717, 1.165) is 6.42 Å². The summed E-state index contributed by atoms with van der Waals surface area (Å²) < 4.78 is 45.0. The van der Waals surface area contributed by atoms with Gasteiger partial charge in [0.2, 0.25) is 5.91 Å². The number of esters is 1. The zero-order valence-corrected chi connectivity index (χ0v) is 14.1. The Morgan fingerprint density at radius 3 is 2.44 bits per heavy atom. The van der Waals surface area contributed by atoms with E-state index in [1.165, 1.54) is 0 Å². The molecular formula is C17H24F3NO4. The monoisotopic (exact) mass is 363 g/mol. The molecule has 0 bridgehead atoms. The van der Waals surface area contributed by atoms with Gasteiger partial charge in [-0.15, -0.1) is 0 Å². The first-order valence-corrected chi connectivity index (χ1v) is 8.82. The predicted octanol–water partition coefficient (Wildman–Crippen LogP) is 2.92. The zero-order chi connectivity index (χ0) is 18.5. The first-order chi connectivity index (χ1) is 11.8. The number of ketones is 1. The SMILES string of the molecule is O=C(CCCOC(=O)C1(C(F)(F)F)CCCCC1)[C@@H]1CCCNC1=O. The first kappa shape index (κ1) is 19.7. The summed E-state index contributed by atoms with van der Waals surface area (Å²) in [5, 5.41) is 2.62. The third-order valence-corrected chi connectivity index (χ3v) is 5.12. The molecule has 1 heterocycles. The minimum absolute atomic E-state index is 0.0182. The second kappa shape index (κ2) is 8.19. The molecule has 0 aromatic rings. The lowest BCUT2D eigenvalue weighted by Crippen LogP contribution is -2.47. The molecule has 1 saturated carbocycles. The maximum Gasteiger partial charge on any atom is 0.404 e. The van der Waals surface area contributed by atoms with Crippen LogP contribution in [0.4, 0.5) is 13.2 Å². The molecule has 1 amide bonds. The van der Waals surface area contributed by atoms with Gasteiger partial charge in [0.15, 0.2) is 5.41 Å². The molecule has 0 unspecified atom stereocenters. The lowest BCUT2D eigenvalue weighted by atomic mass is 9.73. The van der Waals surface area contributed by atoms with Crippen molar-refractivity contribution in [2.75, 3.05) is 13.2 Å². The molecule has 2 rings (SSSR count). The molecule has 1 atom stereocenters. The van der Waals surface area contributed by atoms with Crippen LogP contribution < -0.4 is 5.32 Å². The quantitative estimate of drug-likeness (QED) is 0.447. The van der Waals surface area contributed by atoms with Gasteiger partial charge in [-0.05, 0) is 32.1 Å². The van der Waals surface area contributed by atoms with Gasteiger partial charge in [-0.3, -0.25) is 14.4 Å². The molecule has 1 saturated heterocycles. The number of halogens is 3. The molecule has 1 aliphatic carbocycles. The van der Waals surface area contributed by atoms with Gasteiger partial charge in [-0.1, -0.05) is 19.3 Å². The van der Waals surface area contributed by atoms with Gasteiger partial charge < -0.3 is 10.1 Å². The summed E-state index contributed by atoms with van der Waals surface area (Å²) in [6, 6.07) is 0. The van der Waals surface area contributed by atoms with Crippen molar-refractivity contribution in [3.63, 3.8) is 0 Å². The highest BCUT2D eigenvalue weighted by Gasteiger charge is 2.61. The summed E-state index contributed by atoms with van der Waals surface area (Å²) in [4.78, 5) is 35.7. The van der Waals surface area contributed by atoms with E-state index in [1.807, 2.05) is 0 Å². The Balaban J connectivity index is 1.81. The molecule has 0 spiro atoms. The maximum atomic E-state index is 13.4.